The van der Waals surface area contributed by atoms with Gasteiger partial charge in [-0.25, -0.2) is 4.79 Å². The van der Waals surface area contributed by atoms with Crippen molar-refractivity contribution in [1.82, 2.24) is 0 Å². The van der Waals surface area contributed by atoms with E-state index in [9.17, 15) is 4.79 Å². The minimum absolute atomic E-state index is 0.0842. The SMILES string of the molecule is CCOC(=O)c1ccc(C/C=C(\C)CO)cc1. The Hall–Kier alpha value is -1.61. The predicted octanol–water partition coefficient (Wildman–Crippen LogP) is 2.34. The van der Waals surface area contributed by atoms with Gasteiger partial charge >= 0.3 is 5.97 Å². The molecule has 1 aromatic rings. The number of aliphatic hydroxyl groups is 1. The Labute approximate surface area is 102 Å². The van der Waals surface area contributed by atoms with E-state index in [4.69, 9.17) is 9.84 Å². The van der Waals surface area contributed by atoms with Crippen molar-refractivity contribution >= 4 is 5.97 Å². The first-order chi connectivity index (χ1) is 8.17. The van der Waals surface area contributed by atoms with Crippen molar-refractivity contribution in [2.45, 2.75) is 20.3 Å². The molecule has 1 aromatic carbocycles. The van der Waals surface area contributed by atoms with Crippen LogP contribution in [-0.4, -0.2) is 24.3 Å². The average molecular weight is 234 g/mol. The van der Waals surface area contributed by atoms with Gasteiger partial charge < -0.3 is 9.84 Å². The number of allylic oxidation sites excluding steroid dienone is 1. The van der Waals surface area contributed by atoms with Crippen molar-refractivity contribution in [3.63, 3.8) is 0 Å². The Morgan fingerprint density at radius 2 is 2.00 bits per heavy atom. The maximum Gasteiger partial charge on any atom is 0.338 e. The van der Waals surface area contributed by atoms with Crippen LogP contribution in [0.3, 0.4) is 0 Å². The maximum absolute atomic E-state index is 11.4. The Morgan fingerprint density at radius 1 is 1.35 bits per heavy atom. The topological polar surface area (TPSA) is 46.5 Å². The van der Waals surface area contributed by atoms with Crippen molar-refractivity contribution in [3.05, 3.63) is 47.0 Å². The van der Waals surface area contributed by atoms with E-state index in [1.165, 1.54) is 0 Å². The molecule has 0 aliphatic rings. The number of carbonyl (C=O) groups excluding carboxylic acids is 1. The van der Waals surface area contributed by atoms with Crippen molar-refractivity contribution < 1.29 is 14.6 Å². The van der Waals surface area contributed by atoms with Gasteiger partial charge in [0.05, 0.1) is 18.8 Å². The largest absolute Gasteiger partial charge is 0.462 e. The first kappa shape index (κ1) is 13.5. The summed E-state index contributed by atoms with van der Waals surface area (Å²) in [5.74, 6) is -0.291. The molecule has 0 spiro atoms. The van der Waals surface area contributed by atoms with Crippen LogP contribution in [0.4, 0.5) is 0 Å². The molecular formula is C14H18O3. The number of aliphatic hydroxyl groups excluding tert-OH is 1. The Balaban J connectivity index is 2.65. The smallest absolute Gasteiger partial charge is 0.338 e. The molecule has 0 fully saturated rings. The molecule has 0 heterocycles. The molecule has 0 radical (unpaired) electrons. The molecule has 0 atom stereocenters. The highest BCUT2D eigenvalue weighted by molar-refractivity contribution is 5.89. The zero-order valence-corrected chi connectivity index (χ0v) is 10.3. The molecule has 1 rings (SSSR count). The fourth-order valence-corrected chi connectivity index (χ4v) is 1.35. The predicted molar refractivity (Wildman–Crippen MR) is 66.9 cm³/mol. The molecule has 0 aromatic heterocycles. The lowest BCUT2D eigenvalue weighted by Crippen LogP contribution is -2.04. The highest BCUT2D eigenvalue weighted by Crippen LogP contribution is 2.08. The highest BCUT2D eigenvalue weighted by Gasteiger charge is 2.04. The van der Waals surface area contributed by atoms with E-state index < -0.39 is 0 Å². The molecular weight excluding hydrogens is 216 g/mol. The van der Waals surface area contributed by atoms with E-state index in [1.54, 1.807) is 19.1 Å². The molecule has 0 bridgehead atoms. The lowest BCUT2D eigenvalue weighted by atomic mass is 10.1. The van der Waals surface area contributed by atoms with Crippen LogP contribution < -0.4 is 0 Å². The number of hydrogen-bond acceptors (Lipinski definition) is 3. The first-order valence-electron chi connectivity index (χ1n) is 5.70. The molecule has 92 valence electrons. The zero-order valence-electron chi connectivity index (χ0n) is 10.3. The van der Waals surface area contributed by atoms with Crippen molar-refractivity contribution in [2.75, 3.05) is 13.2 Å². The Bertz CT molecular complexity index is 390. The highest BCUT2D eigenvalue weighted by atomic mass is 16.5. The van der Waals surface area contributed by atoms with E-state index in [2.05, 4.69) is 0 Å². The van der Waals surface area contributed by atoms with Gasteiger partial charge in [-0.15, -0.1) is 0 Å². The first-order valence-corrected chi connectivity index (χ1v) is 5.70. The molecule has 0 saturated carbocycles. The third-order valence-electron chi connectivity index (χ3n) is 2.40. The van der Waals surface area contributed by atoms with E-state index >= 15 is 0 Å². The second-order valence-corrected chi connectivity index (χ2v) is 3.83. The quantitative estimate of drug-likeness (QED) is 0.628. The summed E-state index contributed by atoms with van der Waals surface area (Å²) in [5.41, 5.74) is 2.61. The number of benzene rings is 1. The minimum atomic E-state index is -0.291. The van der Waals surface area contributed by atoms with Gasteiger partial charge in [-0.1, -0.05) is 23.8 Å². The van der Waals surface area contributed by atoms with Crippen LogP contribution in [0.2, 0.25) is 0 Å². The van der Waals surface area contributed by atoms with Gasteiger partial charge in [0.1, 0.15) is 0 Å². The summed E-state index contributed by atoms with van der Waals surface area (Å²) in [5, 5.41) is 8.86. The summed E-state index contributed by atoms with van der Waals surface area (Å²) >= 11 is 0. The van der Waals surface area contributed by atoms with Crippen LogP contribution in [0.1, 0.15) is 29.8 Å². The normalized spacial score (nSPS) is 11.4. The molecule has 17 heavy (non-hydrogen) atoms. The maximum atomic E-state index is 11.4. The van der Waals surface area contributed by atoms with Gasteiger partial charge in [-0.05, 0) is 38.0 Å². The number of carbonyl (C=O) groups is 1. The van der Waals surface area contributed by atoms with Crippen molar-refractivity contribution in [2.24, 2.45) is 0 Å². The second-order valence-electron chi connectivity index (χ2n) is 3.83. The lowest BCUT2D eigenvalue weighted by Gasteiger charge is -2.03. The van der Waals surface area contributed by atoms with Crippen LogP contribution in [-0.2, 0) is 11.2 Å². The minimum Gasteiger partial charge on any atom is -0.462 e. The van der Waals surface area contributed by atoms with E-state index in [-0.39, 0.29) is 12.6 Å². The van der Waals surface area contributed by atoms with Crippen LogP contribution in [0.25, 0.3) is 0 Å². The van der Waals surface area contributed by atoms with Gasteiger partial charge in [0.15, 0.2) is 0 Å². The van der Waals surface area contributed by atoms with Crippen LogP contribution >= 0.6 is 0 Å². The van der Waals surface area contributed by atoms with Gasteiger partial charge in [-0.2, -0.15) is 0 Å². The van der Waals surface area contributed by atoms with Crippen molar-refractivity contribution in [3.8, 4) is 0 Å². The fourth-order valence-electron chi connectivity index (χ4n) is 1.35. The molecule has 0 unspecified atom stereocenters. The molecule has 0 amide bonds. The van der Waals surface area contributed by atoms with Crippen molar-refractivity contribution in [1.29, 1.82) is 0 Å². The molecule has 0 saturated heterocycles. The van der Waals surface area contributed by atoms with Crippen LogP contribution in [0, 0.1) is 0 Å². The summed E-state index contributed by atoms with van der Waals surface area (Å²) < 4.78 is 4.90. The molecule has 0 aliphatic heterocycles. The summed E-state index contributed by atoms with van der Waals surface area (Å²) in [6, 6.07) is 7.31. The summed E-state index contributed by atoms with van der Waals surface area (Å²) in [6.07, 6.45) is 2.73. The van der Waals surface area contributed by atoms with Crippen LogP contribution in [0.5, 0.6) is 0 Å². The Morgan fingerprint density at radius 3 is 2.53 bits per heavy atom. The standard InChI is InChI=1S/C14H18O3/c1-3-17-14(16)13-8-6-12(7-9-13)5-4-11(2)10-15/h4,6-9,15H,3,5,10H2,1-2H3/b11-4+. The third-order valence-corrected chi connectivity index (χ3v) is 2.40. The summed E-state index contributed by atoms with van der Waals surface area (Å²) in [6.45, 7) is 4.14. The van der Waals surface area contributed by atoms with E-state index in [1.807, 2.05) is 25.1 Å². The number of hydrogen-bond donors (Lipinski definition) is 1. The number of esters is 1. The average Bonchev–Trinajstić information content (AvgIpc) is 2.36. The third kappa shape index (κ3) is 4.41. The van der Waals surface area contributed by atoms with E-state index in [0.717, 1.165) is 17.6 Å². The van der Waals surface area contributed by atoms with Gasteiger partial charge in [-0.3, -0.25) is 0 Å². The zero-order chi connectivity index (χ0) is 12.7. The monoisotopic (exact) mass is 234 g/mol. The van der Waals surface area contributed by atoms with Crippen LogP contribution in [0.15, 0.2) is 35.9 Å². The summed E-state index contributed by atoms with van der Waals surface area (Å²) in [4.78, 5) is 11.4. The molecule has 3 heteroatoms. The number of ether oxygens (including phenoxy) is 1. The Kier molecular flexibility index (Phi) is 5.43. The lowest BCUT2D eigenvalue weighted by molar-refractivity contribution is 0.0526. The molecule has 3 nitrogen and oxygen atoms in total. The summed E-state index contributed by atoms with van der Waals surface area (Å²) in [7, 11) is 0. The molecule has 0 aliphatic carbocycles. The number of rotatable bonds is 5. The van der Waals surface area contributed by atoms with Gasteiger partial charge in [0, 0.05) is 0 Å². The van der Waals surface area contributed by atoms with Gasteiger partial charge in [0.2, 0.25) is 0 Å². The van der Waals surface area contributed by atoms with Gasteiger partial charge in [0.25, 0.3) is 0 Å². The molecule has 1 N–H and O–H groups in total. The second kappa shape index (κ2) is 6.86. The fraction of sp³-hybridized carbons (Fsp3) is 0.357. The van der Waals surface area contributed by atoms with E-state index in [0.29, 0.717) is 12.2 Å².